The molecule has 0 spiro atoms. The lowest BCUT2D eigenvalue weighted by molar-refractivity contribution is 0.0734. The summed E-state index contributed by atoms with van der Waals surface area (Å²) in [5.41, 5.74) is 1.53. The van der Waals surface area contributed by atoms with Crippen molar-refractivity contribution in [3.05, 3.63) is 30.0 Å². The number of rotatable bonds is 1. The van der Waals surface area contributed by atoms with Crippen LogP contribution >= 0.6 is 0 Å². The van der Waals surface area contributed by atoms with E-state index >= 15 is 0 Å². The molecule has 0 amide bonds. The van der Waals surface area contributed by atoms with Gasteiger partial charge in [0.05, 0.1) is 17.6 Å². The minimum Gasteiger partial charge on any atom is -0.462 e. The summed E-state index contributed by atoms with van der Waals surface area (Å²) in [6.45, 7) is -0.354. The highest BCUT2D eigenvalue weighted by Gasteiger charge is 2.34. The molecular weight excluding hydrogens is 208 g/mol. The number of ether oxygens (including phenoxy) is 1. The molecule has 2 aromatic rings. The normalized spacial score (nSPS) is 18.6. The molecule has 1 aliphatic heterocycles. The Morgan fingerprint density at radius 1 is 1.25 bits per heavy atom. The molecule has 5 nitrogen and oxygen atoms in total. The largest absolute Gasteiger partial charge is 0.462 e. The number of Topliss-reactive ketones (excluding diaryl/α,β-unsaturated/α-hetero) is 1. The molecule has 2 heterocycles. The molecule has 0 bridgehead atoms. The van der Waals surface area contributed by atoms with Crippen LogP contribution in [0.2, 0.25) is 0 Å². The van der Waals surface area contributed by atoms with Gasteiger partial charge in [0.1, 0.15) is 0 Å². The molecule has 0 aliphatic carbocycles. The van der Waals surface area contributed by atoms with Gasteiger partial charge in [-0.3, -0.25) is 4.79 Å². The van der Waals surface area contributed by atoms with Crippen molar-refractivity contribution in [2.75, 3.05) is 6.61 Å². The summed E-state index contributed by atoms with van der Waals surface area (Å²) < 4.78 is 5.20. The number of fused-ring (bicyclic) bond motifs is 2. The summed E-state index contributed by atoms with van der Waals surface area (Å²) in [6.07, 6.45) is -0.855. The minimum atomic E-state index is -0.855. The molecule has 0 radical (unpaired) electrons. The molecule has 0 unspecified atom stereocenters. The Hall–Kier alpha value is -2.01. The molecule has 5 heteroatoms. The third-order valence-corrected chi connectivity index (χ3v) is 2.48. The molecule has 0 saturated carbocycles. The number of carbonyl (C=O) groups is 1. The van der Waals surface area contributed by atoms with E-state index in [9.17, 15) is 4.79 Å². The topological polar surface area (TPSA) is 72.3 Å². The van der Waals surface area contributed by atoms with Gasteiger partial charge >= 0.3 is 0 Å². The van der Waals surface area contributed by atoms with Crippen LogP contribution in [0.4, 0.5) is 0 Å². The summed E-state index contributed by atoms with van der Waals surface area (Å²) in [6, 6.07) is 7.24. The molecule has 1 aromatic carbocycles. The molecule has 0 fully saturated rings. The van der Waals surface area contributed by atoms with Crippen LogP contribution in [0.25, 0.3) is 11.0 Å². The number of carbonyl (C=O) groups excluding carboxylic acids is 1. The summed E-state index contributed by atoms with van der Waals surface area (Å²) in [4.78, 5) is 20.1. The second kappa shape index (κ2) is 3.24. The van der Waals surface area contributed by atoms with E-state index in [1.54, 1.807) is 12.1 Å². The van der Waals surface area contributed by atoms with Crippen molar-refractivity contribution in [1.29, 1.82) is 0 Å². The third-order valence-electron chi connectivity index (χ3n) is 2.48. The van der Waals surface area contributed by atoms with Gasteiger partial charge < -0.3 is 9.84 Å². The SMILES string of the molecule is O=C1c2nc3ccccc3nc2O[C@H]1CO. The van der Waals surface area contributed by atoms with E-state index in [0.717, 1.165) is 0 Å². The van der Waals surface area contributed by atoms with E-state index in [-0.39, 0.29) is 24.0 Å². The van der Waals surface area contributed by atoms with Gasteiger partial charge in [-0.25, -0.2) is 9.97 Å². The number of benzene rings is 1. The van der Waals surface area contributed by atoms with Crippen LogP contribution < -0.4 is 4.74 Å². The van der Waals surface area contributed by atoms with Crippen molar-refractivity contribution in [2.24, 2.45) is 0 Å². The van der Waals surface area contributed by atoms with Gasteiger partial charge in [0.15, 0.2) is 11.8 Å². The first-order valence-electron chi connectivity index (χ1n) is 4.88. The Morgan fingerprint density at radius 3 is 2.62 bits per heavy atom. The zero-order valence-electron chi connectivity index (χ0n) is 8.25. The van der Waals surface area contributed by atoms with Crippen molar-refractivity contribution in [2.45, 2.75) is 6.10 Å². The zero-order chi connectivity index (χ0) is 11.1. The summed E-state index contributed by atoms with van der Waals surface area (Å²) in [7, 11) is 0. The predicted molar refractivity (Wildman–Crippen MR) is 55.4 cm³/mol. The van der Waals surface area contributed by atoms with Gasteiger partial charge in [-0.05, 0) is 12.1 Å². The van der Waals surface area contributed by atoms with Crippen LogP contribution in [-0.2, 0) is 0 Å². The number of hydrogen-bond donors (Lipinski definition) is 1. The summed E-state index contributed by atoms with van der Waals surface area (Å²) in [5.74, 6) is -0.0986. The molecule has 1 atom stereocenters. The van der Waals surface area contributed by atoms with Gasteiger partial charge in [-0.2, -0.15) is 0 Å². The number of aliphatic hydroxyl groups excluding tert-OH is 1. The van der Waals surface area contributed by atoms with Crippen LogP contribution in [-0.4, -0.2) is 33.6 Å². The molecule has 0 saturated heterocycles. The van der Waals surface area contributed by atoms with Gasteiger partial charge in [0, 0.05) is 0 Å². The van der Waals surface area contributed by atoms with Crippen molar-refractivity contribution in [3.63, 3.8) is 0 Å². The van der Waals surface area contributed by atoms with E-state index < -0.39 is 6.10 Å². The number of nitrogens with zero attached hydrogens (tertiary/aromatic N) is 2. The molecule has 3 rings (SSSR count). The van der Waals surface area contributed by atoms with Crippen LogP contribution in [0.3, 0.4) is 0 Å². The molecule has 1 N–H and O–H groups in total. The Bertz CT molecular complexity index is 582. The first-order chi connectivity index (χ1) is 7.79. The standard InChI is InChI=1S/C11H8N2O3/c14-5-8-10(15)9-11(16-8)13-7-4-2-1-3-6(7)12-9/h1-4,8,14H,5H2/t8-/m0/s1. The summed E-state index contributed by atoms with van der Waals surface area (Å²) in [5, 5.41) is 8.94. The highest BCUT2D eigenvalue weighted by molar-refractivity contribution is 6.03. The number of aromatic nitrogens is 2. The number of hydrogen-bond acceptors (Lipinski definition) is 5. The lowest BCUT2D eigenvalue weighted by atomic mass is 10.2. The lowest BCUT2D eigenvalue weighted by Gasteiger charge is -2.02. The maximum absolute atomic E-state index is 11.7. The monoisotopic (exact) mass is 216 g/mol. The number of aliphatic hydroxyl groups is 1. The second-order valence-corrected chi connectivity index (χ2v) is 3.52. The predicted octanol–water partition coefficient (Wildman–Crippen LogP) is 0.566. The Kier molecular flexibility index (Phi) is 1.87. The van der Waals surface area contributed by atoms with Crippen LogP contribution in [0.15, 0.2) is 24.3 Å². The van der Waals surface area contributed by atoms with Crippen LogP contribution in [0, 0.1) is 0 Å². The van der Waals surface area contributed by atoms with E-state index in [0.29, 0.717) is 11.0 Å². The molecule has 1 aliphatic rings. The first kappa shape index (κ1) is 9.23. The van der Waals surface area contributed by atoms with E-state index in [4.69, 9.17) is 9.84 Å². The Labute approximate surface area is 90.7 Å². The molecule has 1 aromatic heterocycles. The van der Waals surface area contributed by atoms with Gasteiger partial charge in [-0.1, -0.05) is 12.1 Å². The number of para-hydroxylation sites is 2. The highest BCUT2D eigenvalue weighted by atomic mass is 16.5. The van der Waals surface area contributed by atoms with E-state index in [1.807, 2.05) is 12.1 Å². The van der Waals surface area contributed by atoms with Crippen LogP contribution in [0.1, 0.15) is 10.5 Å². The van der Waals surface area contributed by atoms with Gasteiger partial charge in [0.25, 0.3) is 0 Å². The number of ketones is 1. The average molecular weight is 216 g/mol. The van der Waals surface area contributed by atoms with Crippen molar-refractivity contribution < 1.29 is 14.6 Å². The zero-order valence-corrected chi connectivity index (χ0v) is 8.25. The fourth-order valence-corrected chi connectivity index (χ4v) is 1.69. The Morgan fingerprint density at radius 2 is 1.94 bits per heavy atom. The second-order valence-electron chi connectivity index (χ2n) is 3.52. The first-order valence-corrected chi connectivity index (χ1v) is 4.88. The summed E-state index contributed by atoms with van der Waals surface area (Å²) >= 11 is 0. The third kappa shape index (κ3) is 1.18. The Balaban J connectivity index is 2.22. The van der Waals surface area contributed by atoms with E-state index in [2.05, 4.69) is 9.97 Å². The molecule has 80 valence electrons. The smallest absolute Gasteiger partial charge is 0.245 e. The highest BCUT2D eigenvalue weighted by Crippen LogP contribution is 2.26. The quantitative estimate of drug-likeness (QED) is 0.754. The van der Waals surface area contributed by atoms with Gasteiger partial charge in [-0.15, -0.1) is 0 Å². The van der Waals surface area contributed by atoms with Crippen molar-refractivity contribution in [1.82, 2.24) is 9.97 Å². The van der Waals surface area contributed by atoms with Gasteiger partial charge in [0.2, 0.25) is 11.7 Å². The molecular formula is C11H8N2O3. The van der Waals surface area contributed by atoms with Crippen molar-refractivity contribution >= 4 is 16.8 Å². The average Bonchev–Trinajstić information content (AvgIpc) is 2.63. The van der Waals surface area contributed by atoms with E-state index in [1.165, 1.54) is 0 Å². The maximum Gasteiger partial charge on any atom is 0.245 e. The minimum absolute atomic E-state index is 0.206. The lowest BCUT2D eigenvalue weighted by Crippen LogP contribution is -2.24. The van der Waals surface area contributed by atoms with Crippen molar-refractivity contribution in [3.8, 4) is 5.88 Å². The molecule has 16 heavy (non-hydrogen) atoms. The fraction of sp³-hybridized carbons (Fsp3) is 0.182. The fourth-order valence-electron chi connectivity index (χ4n) is 1.69. The maximum atomic E-state index is 11.7. The van der Waals surface area contributed by atoms with Crippen LogP contribution in [0.5, 0.6) is 5.88 Å².